The first kappa shape index (κ1) is 64.4. The van der Waals surface area contributed by atoms with Crippen LogP contribution in [0.4, 0.5) is 0 Å². The van der Waals surface area contributed by atoms with Gasteiger partial charge in [0.25, 0.3) is 0 Å². The van der Waals surface area contributed by atoms with Crippen molar-refractivity contribution < 1.29 is 32.9 Å². The molecule has 0 aliphatic carbocycles. The number of allylic oxidation sites excluding steroid dienone is 16. The van der Waals surface area contributed by atoms with Gasteiger partial charge in [-0.25, -0.2) is 4.57 Å². The summed E-state index contributed by atoms with van der Waals surface area (Å²) < 4.78 is 23.6. The van der Waals surface area contributed by atoms with Crippen LogP contribution in [0.25, 0.3) is 0 Å². The van der Waals surface area contributed by atoms with E-state index in [1.807, 2.05) is 21.1 Å². The number of phosphoric ester groups is 1. The summed E-state index contributed by atoms with van der Waals surface area (Å²) in [7, 11) is 1.60. The molecule has 0 fully saturated rings. The van der Waals surface area contributed by atoms with Gasteiger partial charge in [-0.05, 0) is 77.0 Å². The molecule has 0 rings (SSSR count). The second-order valence-electron chi connectivity index (χ2n) is 19.2. The van der Waals surface area contributed by atoms with E-state index >= 15 is 0 Å². The third-order valence-corrected chi connectivity index (χ3v) is 12.6. The smallest absolute Gasteiger partial charge is 0.391 e. The van der Waals surface area contributed by atoms with Crippen LogP contribution in [0.15, 0.2) is 97.2 Å². The summed E-state index contributed by atoms with van der Waals surface area (Å²) in [6.45, 7) is 4.72. The number of aliphatic hydroxyl groups is 1. The zero-order valence-electron chi connectivity index (χ0n) is 43.9. The highest BCUT2D eigenvalue weighted by Gasteiger charge is 2.28. The summed E-state index contributed by atoms with van der Waals surface area (Å²) in [6, 6.07) is -0.764. The van der Waals surface area contributed by atoms with Crippen LogP contribution >= 0.6 is 7.82 Å². The second-order valence-corrected chi connectivity index (χ2v) is 20.7. The topological polar surface area (TPSA) is 105 Å². The molecule has 3 unspecified atom stereocenters. The second kappa shape index (κ2) is 48.4. The molecule has 0 aromatic rings. The summed E-state index contributed by atoms with van der Waals surface area (Å²) in [4.78, 5) is 23.1. The van der Waals surface area contributed by atoms with E-state index in [0.717, 1.165) is 89.9 Å². The maximum absolute atomic E-state index is 12.9. The Labute approximate surface area is 413 Å². The molecular weight excluding hydrogens is 852 g/mol. The van der Waals surface area contributed by atoms with Gasteiger partial charge in [0, 0.05) is 6.42 Å². The van der Waals surface area contributed by atoms with Crippen molar-refractivity contribution in [3.05, 3.63) is 97.2 Å². The summed E-state index contributed by atoms with van der Waals surface area (Å²) in [5.41, 5.74) is 0. The number of nitrogens with zero attached hydrogens (tertiary/aromatic N) is 1. The first-order valence-electron chi connectivity index (χ1n) is 27.1. The first-order valence-corrected chi connectivity index (χ1v) is 28.6. The van der Waals surface area contributed by atoms with Crippen molar-refractivity contribution in [2.75, 3.05) is 40.9 Å². The number of carbonyl (C=O) groups is 1. The van der Waals surface area contributed by atoms with Crippen LogP contribution < -0.4 is 5.32 Å². The van der Waals surface area contributed by atoms with Gasteiger partial charge in [0.2, 0.25) is 5.91 Å². The zero-order valence-corrected chi connectivity index (χ0v) is 44.8. The standard InChI is InChI=1S/C58H103N2O6P/c1-6-8-10-12-14-16-17-18-19-20-21-22-23-24-25-26-27-28-29-30-31-32-33-34-35-36-37-38-39-40-41-42-43-44-46-48-50-52-58(62)59-56(55-66-67(63,64)65-54-53-60(3,4)5)57(61)51-49-47-45-15-13-11-9-7-2/h8,10,14,16,18-19,21-22,24-25,27-28,30-31,33-34,56-57,61H,6-7,9,11-13,15,17,20,23,26,29,32,35-55H2,1-5H3,(H-,59,62,63,64)/p+1/b10-8-,16-14-,19-18-,22-21-,25-24-,28-27-,31-30-,34-33-. The lowest BCUT2D eigenvalue weighted by atomic mass is 10.0. The van der Waals surface area contributed by atoms with Crippen molar-refractivity contribution in [1.82, 2.24) is 5.32 Å². The predicted octanol–water partition coefficient (Wildman–Crippen LogP) is 16.3. The Morgan fingerprint density at radius 1 is 0.522 bits per heavy atom. The van der Waals surface area contributed by atoms with Gasteiger partial charge in [0.15, 0.2) is 0 Å². The number of likely N-dealkylation sites (N-methyl/N-ethyl adjacent to an activating group) is 1. The maximum atomic E-state index is 12.9. The number of hydrogen-bond acceptors (Lipinski definition) is 5. The van der Waals surface area contributed by atoms with Gasteiger partial charge in [-0.3, -0.25) is 13.8 Å². The molecule has 3 atom stereocenters. The predicted molar refractivity (Wildman–Crippen MR) is 290 cm³/mol. The minimum absolute atomic E-state index is 0.0704. The van der Waals surface area contributed by atoms with E-state index in [1.54, 1.807) is 0 Å². The van der Waals surface area contributed by atoms with E-state index in [-0.39, 0.29) is 19.1 Å². The highest BCUT2D eigenvalue weighted by Crippen LogP contribution is 2.43. The molecule has 0 spiro atoms. The normalized spacial score (nSPS) is 14.8. The number of amides is 1. The fourth-order valence-electron chi connectivity index (χ4n) is 7.36. The molecule has 386 valence electrons. The van der Waals surface area contributed by atoms with Crippen molar-refractivity contribution in [2.45, 2.75) is 225 Å². The molecule has 0 saturated carbocycles. The van der Waals surface area contributed by atoms with Crippen LogP contribution in [0.1, 0.15) is 213 Å². The third-order valence-electron chi connectivity index (χ3n) is 11.6. The summed E-state index contributed by atoms with van der Waals surface area (Å²) >= 11 is 0. The highest BCUT2D eigenvalue weighted by atomic mass is 31.2. The molecule has 67 heavy (non-hydrogen) atoms. The quantitative estimate of drug-likeness (QED) is 0.0243. The van der Waals surface area contributed by atoms with Gasteiger partial charge >= 0.3 is 7.82 Å². The molecule has 8 nitrogen and oxygen atoms in total. The van der Waals surface area contributed by atoms with Gasteiger partial charge in [-0.1, -0.05) is 227 Å². The number of quaternary nitrogens is 1. The summed E-state index contributed by atoms with van der Waals surface area (Å²) in [5.74, 6) is -0.154. The lowest BCUT2D eigenvalue weighted by molar-refractivity contribution is -0.870. The largest absolute Gasteiger partial charge is 0.472 e. The van der Waals surface area contributed by atoms with Crippen LogP contribution in [-0.4, -0.2) is 73.4 Å². The maximum Gasteiger partial charge on any atom is 0.472 e. The molecule has 3 N–H and O–H groups in total. The van der Waals surface area contributed by atoms with Crippen molar-refractivity contribution in [2.24, 2.45) is 0 Å². The SMILES string of the molecule is CC/C=C\C/C=C\C/C=C\C/C=C\C/C=C\C/C=C\C/C=C\C/C=C\CCCCCCCCCCCCCCC(=O)NC(COP(=O)(O)OCC[N+](C)(C)C)C(O)CCCCCCCCCC. The molecule has 0 aliphatic rings. The molecular formula is C58H104N2O6P+. The molecule has 9 heteroatoms. The molecule has 0 saturated heterocycles. The number of carbonyl (C=O) groups excluding carboxylic acids is 1. The number of phosphoric acid groups is 1. The Morgan fingerprint density at radius 2 is 0.896 bits per heavy atom. The summed E-state index contributed by atoms with van der Waals surface area (Å²) in [5, 5.41) is 13.9. The average Bonchev–Trinajstić information content (AvgIpc) is 3.29. The zero-order chi connectivity index (χ0) is 49.2. The number of hydrogen-bond donors (Lipinski definition) is 3. The number of unbranched alkanes of at least 4 members (excludes halogenated alkanes) is 19. The first-order chi connectivity index (χ1) is 32.5. The van der Waals surface area contributed by atoms with E-state index in [0.29, 0.717) is 23.9 Å². The minimum Gasteiger partial charge on any atom is -0.391 e. The van der Waals surface area contributed by atoms with Gasteiger partial charge < -0.3 is 19.8 Å². The molecule has 0 bridgehead atoms. The molecule has 1 amide bonds. The Hall–Kier alpha value is -2.58. The molecule has 0 radical (unpaired) electrons. The number of aliphatic hydroxyl groups excluding tert-OH is 1. The van der Waals surface area contributed by atoms with Crippen LogP contribution in [0.3, 0.4) is 0 Å². The summed E-state index contributed by atoms with van der Waals surface area (Å²) in [6.07, 6.45) is 69.1. The Morgan fingerprint density at radius 3 is 1.31 bits per heavy atom. The molecule has 0 aromatic carbocycles. The van der Waals surface area contributed by atoms with Crippen LogP contribution in [0, 0.1) is 0 Å². The fourth-order valence-corrected chi connectivity index (χ4v) is 8.09. The highest BCUT2D eigenvalue weighted by molar-refractivity contribution is 7.47. The Balaban J connectivity index is 3.97. The van der Waals surface area contributed by atoms with Crippen molar-refractivity contribution in [3.8, 4) is 0 Å². The van der Waals surface area contributed by atoms with E-state index in [9.17, 15) is 19.4 Å². The van der Waals surface area contributed by atoms with Crippen LogP contribution in [0.2, 0.25) is 0 Å². The number of rotatable bonds is 48. The third kappa shape index (κ3) is 51.1. The average molecular weight is 956 g/mol. The van der Waals surface area contributed by atoms with Crippen molar-refractivity contribution >= 4 is 13.7 Å². The van der Waals surface area contributed by atoms with Crippen molar-refractivity contribution in [1.29, 1.82) is 0 Å². The fraction of sp³-hybridized carbons (Fsp3) is 0.707. The van der Waals surface area contributed by atoms with E-state index < -0.39 is 20.0 Å². The van der Waals surface area contributed by atoms with Gasteiger partial charge in [0.1, 0.15) is 13.2 Å². The van der Waals surface area contributed by atoms with Gasteiger partial charge in [0.05, 0.1) is 39.9 Å². The lowest BCUT2D eigenvalue weighted by Gasteiger charge is -2.26. The van der Waals surface area contributed by atoms with E-state index in [1.165, 1.54) is 96.3 Å². The van der Waals surface area contributed by atoms with Crippen LogP contribution in [-0.2, 0) is 18.4 Å². The Bertz CT molecular complexity index is 1410. The van der Waals surface area contributed by atoms with Crippen LogP contribution in [0.5, 0.6) is 0 Å². The Kier molecular flexibility index (Phi) is 46.6. The lowest BCUT2D eigenvalue weighted by Crippen LogP contribution is -2.46. The molecule has 0 aromatic heterocycles. The van der Waals surface area contributed by atoms with Crippen molar-refractivity contribution in [3.63, 3.8) is 0 Å². The molecule has 0 heterocycles. The van der Waals surface area contributed by atoms with Gasteiger partial charge in [-0.15, -0.1) is 0 Å². The van der Waals surface area contributed by atoms with Gasteiger partial charge in [-0.2, -0.15) is 0 Å². The van der Waals surface area contributed by atoms with E-state index in [2.05, 4.69) is 116 Å². The minimum atomic E-state index is -4.31. The molecule has 0 aliphatic heterocycles. The van der Waals surface area contributed by atoms with E-state index in [4.69, 9.17) is 9.05 Å². The number of nitrogens with one attached hydrogen (secondary N) is 1. The monoisotopic (exact) mass is 956 g/mol.